The predicted molar refractivity (Wildman–Crippen MR) is 264 cm³/mol. The molecule has 0 spiro atoms. The Bertz CT molecular complexity index is 3900. The summed E-state index contributed by atoms with van der Waals surface area (Å²) in [6, 6.07) is 79.4. The van der Waals surface area contributed by atoms with Crippen LogP contribution in [-0.4, -0.2) is 9.55 Å². The number of furan rings is 1. The van der Waals surface area contributed by atoms with Crippen LogP contribution in [0.15, 0.2) is 233 Å². The smallest absolute Gasteiger partial charge is 0.227 e. The summed E-state index contributed by atoms with van der Waals surface area (Å²) in [6.07, 6.45) is 0. The summed E-state index contributed by atoms with van der Waals surface area (Å²) in [6.45, 7) is 0. The van der Waals surface area contributed by atoms with Crippen molar-refractivity contribution in [3.8, 4) is 39.4 Å². The molecule has 0 N–H and O–H groups in total. The van der Waals surface area contributed by atoms with Gasteiger partial charge in [0.1, 0.15) is 16.7 Å². The number of benzene rings is 10. The Kier molecular flexibility index (Phi) is 8.15. The zero-order valence-corrected chi connectivity index (χ0v) is 34.5. The minimum atomic E-state index is 0.613. The zero-order valence-electron chi connectivity index (χ0n) is 34.5. The van der Waals surface area contributed by atoms with E-state index >= 15 is 0 Å². The molecule has 0 saturated carbocycles. The van der Waals surface area contributed by atoms with Gasteiger partial charge < -0.3 is 18.3 Å². The Morgan fingerprint density at radius 2 is 1.06 bits per heavy atom. The van der Waals surface area contributed by atoms with Crippen LogP contribution in [0.1, 0.15) is 0 Å². The molecule has 0 unspecified atom stereocenters. The Balaban J connectivity index is 0.990. The number of oxazole rings is 1. The van der Waals surface area contributed by atoms with Gasteiger partial charge in [0.05, 0.1) is 11.0 Å². The lowest BCUT2D eigenvalue weighted by molar-refractivity contribution is 0.621. The number of anilines is 3. The van der Waals surface area contributed by atoms with Gasteiger partial charge in [-0.3, -0.25) is 0 Å². The first-order chi connectivity index (χ1) is 31.7. The van der Waals surface area contributed by atoms with Crippen LogP contribution in [0.2, 0.25) is 0 Å². The molecule has 0 aliphatic carbocycles. The van der Waals surface area contributed by atoms with Crippen LogP contribution in [0.3, 0.4) is 0 Å². The van der Waals surface area contributed by atoms with Crippen molar-refractivity contribution in [3.63, 3.8) is 0 Å². The molecule has 5 heteroatoms. The topological polar surface area (TPSA) is 47.3 Å². The number of fused-ring (bicyclic) bond motifs is 9. The normalized spacial score (nSPS) is 11.8. The molecule has 0 saturated heterocycles. The lowest BCUT2D eigenvalue weighted by atomic mass is 10.0. The molecule has 0 fully saturated rings. The first-order valence-electron chi connectivity index (χ1n) is 21.6. The maximum atomic E-state index is 6.47. The second-order valence-electron chi connectivity index (χ2n) is 16.3. The molecule has 0 atom stereocenters. The van der Waals surface area contributed by atoms with E-state index in [0.717, 1.165) is 89.1 Å². The van der Waals surface area contributed by atoms with Crippen molar-refractivity contribution >= 4 is 82.7 Å². The van der Waals surface area contributed by atoms with Gasteiger partial charge in [-0.25, -0.2) is 4.98 Å². The second-order valence-corrected chi connectivity index (χ2v) is 16.3. The molecule has 0 aliphatic rings. The number of aromatic nitrogens is 2. The van der Waals surface area contributed by atoms with Crippen LogP contribution in [0.25, 0.3) is 105 Å². The van der Waals surface area contributed by atoms with Gasteiger partial charge in [0, 0.05) is 55.4 Å². The molecule has 13 aromatic rings. The van der Waals surface area contributed by atoms with Crippen molar-refractivity contribution < 1.29 is 8.83 Å². The highest BCUT2D eigenvalue weighted by molar-refractivity contribution is 6.22. The lowest BCUT2D eigenvalue weighted by Gasteiger charge is -2.26. The molecule has 0 bridgehead atoms. The average molecular weight is 820 g/mol. The molecule has 0 amide bonds. The van der Waals surface area contributed by atoms with Gasteiger partial charge in [-0.1, -0.05) is 127 Å². The average Bonchev–Trinajstić information content (AvgIpc) is 4.07. The van der Waals surface area contributed by atoms with Crippen LogP contribution >= 0.6 is 0 Å². The van der Waals surface area contributed by atoms with E-state index in [1.807, 2.05) is 54.6 Å². The summed E-state index contributed by atoms with van der Waals surface area (Å²) in [5.74, 6) is 0.613. The van der Waals surface area contributed by atoms with E-state index in [1.54, 1.807) is 0 Å². The number of rotatable bonds is 7. The van der Waals surface area contributed by atoms with Crippen molar-refractivity contribution in [2.45, 2.75) is 0 Å². The summed E-state index contributed by atoms with van der Waals surface area (Å²) in [7, 11) is 0. The molecule has 13 rings (SSSR count). The fourth-order valence-corrected chi connectivity index (χ4v) is 9.62. The summed E-state index contributed by atoms with van der Waals surface area (Å²) in [4.78, 5) is 7.23. The largest absolute Gasteiger partial charge is 0.456 e. The van der Waals surface area contributed by atoms with E-state index in [-0.39, 0.29) is 0 Å². The van der Waals surface area contributed by atoms with Gasteiger partial charge in [0.25, 0.3) is 0 Å². The van der Waals surface area contributed by atoms with Crippen molar-refractivity contribution in [2.75, 3.05) is 4.90 Å². The first kappa shape index (κ1) is 36.0. The maximum Gasteiger partial charge on any atom is 0.227 e. The zero-order chi connectivity index (χ0) is 42.1. The molecule has 10 aromatic carbocycles. The quantitative estimate of drug-likeness (QED) is 0.161. The molecule has 5 nitrogen and oxygen atoms in total. The minimum Gasteiger partial charge on any atom is -0.456 e. The third-order valence-electron chi connectivity index (χ3n) is 12.6. The molecule has 0 aliphatic heterocycles. The van der Waals surface area contributed by atoms with Crippen LogP contribution in [-0.2, 0) is 0 Å². The number of hydrogen-bond donors (Lipinski definition) is 0. The first-order valence-corrected chi connectivity index (χ1v) is 21.6. The summed E-state index contributed by atoms with van der Waals surface area (Å²) in [5.41, 5.74) is 15.1. The fraction of sp³-hybridized carbons (Fsp3) is 0. The Labute approximate surface area is 368 Å². The molecular weight excluding hydrogens is 783 g/mol. The Morgan fingerprint density at radius 1 is 0.391 bits per heavy atom. The van der Waals surface area contributed by atoms with Gasteiger partial charge >= 0.3 is 0 Å². The molecule has 3 aromatic heterocycles. The van der Waals surface area contributed by atoms with Gasteiger partial charge in [-0.15, -0.1) is 0 Å². The molecule has 64 heavy (non-hydrogen) atoms. The van der Waals surface area contributed by atoms with Gasteiger partial charge in [-0.2, -0.15) is 0 Å². The highest BCUT2D eigenvalue weighted by atomic mass is 16.3. The summed E-state index contributed by atoms with van der Waals surface area (Å²) < 4.78 is 15.2. The highest BCUT2D eigenvalue weighted by Gasteiger charge is 2.21. The monoisotopic (exact) mass is 819 g/mol. The Morgan fingerprint density at radius 3 is 1.94 bits per heavy atom. The standard InChI is InChI=1S/C59H37N3O2/c1-3-14-40(15-4-1)59-60-52-23-12-22-48(58(52)64-59)39-25-29-44(30-26-39)61(45-19-11-16-41(35-45)42-27-32-50-49-21-9-10-24-55(49)63-56(50)36-42)46-31-34-53-51(37-46)57-47-20-8-7-13-38(47)28-33-54(57)62(53)43-17-5-2-6-18-43/h1-37H. The SMILES string of the molecule is c1ccc(-c2nc3cccc(-c4ccc(N(c5cccc(-c6ccc7c(c6)oc6ccccc67)c5)c5ccc6c(c5)c5c7ccccc7ccc5n6-c5ccccc5)cc4)c3o2)cc1. The summed E-state index contributed by atoms with van der Waals surface area (Å²) in [5, 5.41) is 7.11. The van der Waals surface area contributed by atoms with E-state index in [2.05, 4.69) is 179 Å². The summed E-state index contributed by atoms with van der Waals surface area (Å²) >= 11 is 0. The third kappa shape index (κ3) is 5.83. The number of para-hydroxylation sites is 3. The van der Waals surface area contributed by atoms with E-state index in [9.17, 15) is 0 Å². The fourth-order valence-electron chi connectivity index (χ4n) is 9.62. The third-order valence-corrected chi connectivity index (χ3v) is 12.6. The van der Waals surface area contributed by atoms with Gasteiger partial charge in [0.15, 0.2) is 5.58 Å². The molecule has 0 radical (unpaired) electrons. The van der Waals surface area contributed by atoms with Gasteiger partial charge in [-0.05, 0) is 125 Å². The van der Waals surface area contributed by atoms with Crippen molar-refractivity contribution in [1.29, 1.82) is 0 Å². The van der Waals surface area contributed by atoms with Crippen LogP contribution in [0.5, 0.6) is 0 Å². The number of hydrogen-bond acceptors (Lipinski definition) is 4. The van der Waals surface area contributed by atoms with E-state index < -0.39 is 0 Å². The Hall–Kier alpha value is -8.67. The van der Waals surface area contributed by atoms with Gasteiger partial charge in [0.2, 0.25) is 5.89 Å². The van der Waals surface area contributed by atoms with Crippen molar-refractivity contribution in [2.24, 2.45) is 0 Å². The van der Waals surface area contributed by atoms with Crippen LogP contribution in [0.4, 0.5) is 17.1 Å². The molecule has 300 valence electrons. The second kappa shape index (κ2) is 14.5. The van der Waals surface area contributed by atoms with Crippen LogP contribution < -0.4 is 4.90 Å². The molecular formula is C59H37N3O2. The van der Waals surface area contributed by atoms with Crippen molar-refractivity contribution in [1.82, 2.24) is 9.55 Å². The minimum absolute atomic E-state index is 0.613. The van der Waals surface area contributed by atoms with Crippen LogP contribution in [0, 0.1) is 0 Å². The highest BCUT2D eigenvalue weighted by Crippen LogP contribution is 2.44. The van der Waals surface area contributed by atoms with E-state index in [4.69, 9.17) is 13.8 Å². The molecule has 3 heterocycles. The van der Waals surface area contributed by atoms with Crippen molar-refractivity contribution in [3.05, 3.63) is 224 Å². The number of nitrogens with zero attached hydrogens (tertiary/aromatic N) is 3. The lowest BCUT2D eigenvalue weighted by Crippen LogP contribution is -2.10. The van der Waals surface area contributed by atoms with E-state index in [0.29, 0.717) is 5.89 Å². The maximum absolute atomic E-state index is 6.47. The van der Waals surface area contributed by atoms with E-state index in [1.165, 1.54) is 27.1 Å². The predicted octanol–water partition coefficient (Wildman–Crippen LogP) is 16.4.